The van der Waals surface area contributed by atoms with Gasteiger partial charge in [0.25, 0.3) is 0 Å². The van der Waals surface area contributed by atoms with Crippen molar-refractivity contribution < 1.29 is 0 Å². The van der Waals surface area contributed by atoms with Crippen molar-refractivity contribution in [3.63, 3.8) is 0 Å². The molecule has 19 heavy (non-hydrogen) atoms. The molecule has 1 N–H and O–H groups in total. The number of aromatic nitrogens is 2. The molecule has 1 aliphatic rings. The summed E-state index contributed by atoms with van der Waals surface area (Å²) >= 11 is 0. The molecule has 1 heterocycles. The highest BCUT2D eigenvalue weighted by atomic mass is 15.2. The van der Waals surface area contributed by atoms with Crippen LogP contribution < -0.4 is 5.32 Å². The second kappa shape index (κ2) is 6.53. The highest BCUT2D eigenvalue weighted by molar-refractivity contribution is 5.03. The average molecular weight is 264 g/mol. The number of aryl methyl sites for hydroxylation is 1. The van der Waals surface area contributed by atoms with Gasteiger partial charge in [-0.3, -0.25) is 4.68 Å². The van der Waals surface area contributed by atoms with E-state index in [0.29, 0.717) is 5.41 Å². The van der Waals surface area contributed by atoms with Crippen LogP contribution in [-0.2, 0) is 13.6 Å². The van der Waals surface area contributed by atoms with Crippen LogP contribution in [0.15, 0.2) is 12.4 Å². The molecule has 0 unspecified atom stereocenters. The van der Waals surface area contributed by atoms with Gasteiger partial charge in [0, 0.05) is 38.4 Å². The molecule has 0 aliphatic heterocycles. The van der Waals surface area contributed by atoms with E-state index in [-0.39, 0.29) is 0 Å². The third-order valence-electron chi connectivity index (χ3n) is 4.28. The predicted molar refractivity (Wildman–Crippen MR) is 79.0 cm³/mol. The maximum atomic E-state index is 4.25. The molecule has 1 aliphatic carbocycles. The SMILES string of the molecule is CNCC1(CN(C)Cc2cnn(C)c2)CCCCC1. The van der Waals surface area contributed by atoms with Gasteiger partial charge in [0.15, 0.2) is 0 Å². The molecule has 2 rings (SSSR count). The van der Waals surface area contributed by atoms with Crippen molar-refractivity contribution in [1.29, 1.82) is 0 Å². The molecule has 0 spiro atoms. The fourth-order valence-corrected chi connectivity index (χ4v) is 3.56. The molecule has 1 fully saturated rings. The van der Waals surface area contributed by atoms with Gasteiger partial charge in [0.05, 0.1) is 6.20 Å². The van der Waals surface area contributed by atoms with Gasteiger partial charge in [-0.15, -0.1) is 0 Å². The third-order valence-corrected chi connectivity index (χ3v) is 4.28. The van der Waals surface area contributed by atoms with E-state index in [0.717, 1.165) is 13.1 Å². The summed E-state index contributed by atoms with van der Waals surface area (Å²) in [5.41, 5.74) is 1.78. The van der Waals surface area contributed by atoms with Crippen LogP contribution in [0.5, 0.6) is 0 Å². The summed E-state index contributed by atoms with van der Waals surface area (Å²) in [6.07, 6.45) is 11.0. The first-order valence-electron chi connectivity index (χ1n) is 7.44. The zero-order valence-corrected chi connectivity index (χ0v) is 12.7. The minimum absolute atomic E-state index is 0.476. The Morgan fingerprint density at radius 1 is 1.37 bits per heavy atom. The Balaban J connectivity index is 1.92. The first-order chi connectivity index (χ1) is 9.13. The monoisotopic (exact) mass is 264 g/mol. The maximum absolute atomic E-state index is 4.25. The van der Waals surface area contributed by atoms with Crippen molar-refractivity contribution in [3.8, 4) is 0 Å². The first-order valence-corrected chi connectivity index (χ1v) is 7.44. The normalized spacial score (nSPS) is 18.9. The number of rotatable bonds is 6. The van der Waals surface area contributed by atoms with E-state index in [1.54, 1.807) is 0 Å². The van der Waals surface area contributed by atoms with E-state index in [1.807, 2.05) is 17.9 Å². The van der Waals surface area contributed by atoms with Crippen LogP contribution >= 0.6 is 0 Å². The van der Waals surface area contributed by atoms with Crippen molar-refractivity contribution in [2.45, 2.75) is 38.6 Å². The topological polar surface area (TPSA) is 33.1 Å². The van der Waals surface area contributed by atoms with Crippen LogP contribution in [0, 0.1) is 5.41 Å². The lowest BCUT2D eigenvalue weighted by molar-refractivity contribution is 0.116. The Bertz CT molecular complexity index is 374. The molecule has 0 radical (unpaired) electrons. The summed E-state index contributed by atoms with van der Waals surface area (Å²) in [5.74, 6) is 0. The molecule has 0 atom stereocenters. The number of nitrogens with one attached hydrogen (secondary N) is 1. The molecule has 0 aromatic carbocycles. The lowest BCUT2D eigenvalue weighted by atomic mass is 9.73. The van der Waals surface area contributed by atoms with Gasteiger partial charge in [0.1, 0.15) is 0 Å². The number of hydrogen-bond acceptors (Lipinski definition) is 3. The smallest absolute Gasteiger partial charge is 0.0534 e. The van der Waals surface area contributed by atoms with Crippen molar-refractivity contribution in [2.75, 3.05) is 27.2 Å². The second-order valence-corrected chi connectivity index (χ2v) is 6.29. The van der Waals surface area contributed by atoms with Gasteiger partial charge in [0.2, 0.25) is 0 Å². The molecule has 1 aromatic rings. The summed E-state index contributed by atoms with van der Waals surface area (Å²) in [6, 6.07) is 0. The first kappa shape index (κ1) is 14.5. The molecule has 4 heteroatoms. The van der Waals surface area contributed by atoms with Crippen molar-refractivity contribution in [2.24, 2.45) is 12.5 Å². The van der Waals surface area contributed by atoms with Gasteiger partial charge < -0.3 is 10.2 Å². The van der Waals surface area contributed by atoms with Crippen molar-refractivity contribution >= 4 is 0 Å². The standard InChI is InChI=1S/C15H28N4/c1-16-12-15(7-5-4-6-8-15)13-18(2)10-14-9-17-19(3)11-14/h9,11,16H,4-8,10,12-13H2,1-3H3. The minimum Gasteiger partial charge on any atom is -0.319 e. The lowest BCUT2D eigenvalue weighted by Gasteiger charge is -2.40. The van der Waals surface area contributed by atoms with Crippen LogP contribution in [0.2, 0.25) is 0 Å². The van der Waals surface area contributed by atoms with Crippen molar-refractivity contribution in [1.82, 2.24) is 20.0 Å². The molecule has 1 aromatic heterocycles. The third kappa shape index (κ3) is 4.05. The fraction of sp³-hybridized carbons (Fsp3) is 0.800. The van der Waals surface area contributed by atoms with Gasteiger partial charge in [-0.05, 0) is 32.4 Å². The maximum Gasteiger partial charge on any atom is 0.0534 e. The van der Waals surface area contributed by atoms with Crippen LogP contribution in [-0.4, -0.2) is 41.9 Å². The number of nitrogens with zero attached hydrogens (tertiary/aromatic N) is 3. The van der Waals surface area contributed by atoms with Crippen LogP contribution in [0.1, 0.15) is 37.7 Å². The Hall–Kier alpha value is -0.870. The predicted octanol–water partition coefficient (Wildman–Crippen LogP) is 2.02. The summed E-state index contributed by atoms with van der Waals surface area (Å²) in [6.45, 7) is 3.33. The van der Waals surface area contributed by atoms with E-state index < -0.39 is 0 Å². The highest BCUT2D eigenvalue weighted by Gasteiger charge is 2.32. The largest absolute Gasteiger partial charge is 0.319 e. The van der Waals surface area contributed by atoms with Crippen LogP contribution in [0.4, 0.5) is 0 Å². The molecule has 0 amide bonds. The Morgan fingerprint density at radius 2 is 2.11 bits per heavy atom. The van der Waals surface area contributed by atoms with Gasteiger partial charge in [-0.25, -0.2) is 0 Å². The number of hydrogen-bond donors (Lipinski definition) is 1. The van der Waals surface area contributed by atoms with Gasteiger partial charge in [-0.1, -0.05) is 19.3 Å². The average Bonchev–Trinajstić information content (AvgIpc) is 2.75. The molecule has 0 bridgehead atoms. The Labute approximate surface area is 117 Å². The second-order valence-electron chi connectivity index (χ2n) is 6.29. The van der Waals surface area contributed by atoms with E-state index in [1.165, 1.54) is 44.2 Å². The zero-order chi connectivity index (χ0) is 13.7. The van der Waals surface area contributed by atoms with Crippen LogP contribution in [0.25, 0.3) is 0 Å². The molecule has 1 saturated carbocycles. The van der Waals surface area contributed by atoms with Gasteiger partial charge >= 0.3 is 0 Å². The summed E-state index contributed by atoms with van der Waals surface area (Å²) in [7, 11) is 6.30. The molecule has 108 valence electrons. The molecular weight excluding hydrogens is 236 g/mol. The quantitative estimate of drug-likeness (QED) is 0.853. The van der Waals surface area contributed by atoms with E-state index in [9.17, 15) is 0 Å². The zero-order valence-electron chi connectivity index (χ0n) is 12.7. The Morgan fingerprint density at radius 3 is 2.68 bits per heavy atom. The highest BCUT2D eigenvalue weighted by Crippen LogP contribution is 2.36. The Kier molecular flexibility index (Phi) is 4.99. The molecule has 0 saturated heterocycles. The summed E-state index contributed by atoms with van der Waals surface area (Å²) < 4.78 is 1.88. The molecule has 4 nitrogen and oxygen atoms in total. The fourth-order valence-electron chi connectivity index (χ4n) is 3.56. The summed E-state index contributed by atoms with van der Waals surface area (Å²) in [4.78, 5) is 2.46. The van der Waals surface area contributed by atoms with E-state index >= 15 is 0 Å². The van der Waals surface area contributed by atoms with E-state index in [4.69, 9.17) is 0 Å². The molecular formula is C15H28N4. The van der Waals surface area contributed by atoms with Crippen molar-refractivity contribution in [3.05, 3.63) is 18.0 Å². The minimum atomic E-state index is 0.476. The lowest BCUT2D eigenvalue weighted by Crippen LogP contribution is -2.43. The van der Waals surface area contributed by atoms with Gasteiger partial charge in [-0.2, -0.15) is 5.10 Å². The summed E-state index contributed by atoms with van der Waals surface area (Å²) in [5, 5.41) is 7.66. The van der Waals surface area contributed by atoms with E-state index in [2.05, 4.69) is 35.6 Å². The van der Waals surface area contributed by atoms with Crippen LogP contribution in [0.3, 0.4) is 0 Å².